The summed E-state index contributed by atoms with van der Waals surface area (Å²) in [7, 11) is 0. The van der Waals surface area contributed by atoms with Gasteiger partial charge < -0.3 is 10.2 Å². The van der Waals surface area contributed by atoms with Crippen LogP contribution < -0.4 is 5.32 Å². The number of rotatable bonds is 9. The van der Waals surface area contributed by atoms with Gasteiger partial charge in [-0.1, -0.05) is 34.6 Å². The van der Waals surface area contributed by atoms with Gasteiger partial charge in [-0.3, -0.25) is 0 Å². The highest BCUT2D eigenvalue weighted by Crippen LogP contribution is 2.30. The molecule has 0 aromatic carbocycles. The van der Waals surface area contributed by atoms with Crippen molar-refractivity contribution < 1.29 is 0 Å². The lowest BCUT2D eigenvalue weighted by Crippen LogP contribution is -2.44. The number of hydrogen-bond acceptors (Lipinski definition) is 2. The van der Waals surface area contributed by atoms with Gasteiger partial charge in [0.1, 0.15) is 0 Å². The minimum absolute atomic E-state index is 0.479. The normalized spacial score (nSPS) is 21.7. The third-order valence-corrected chi connectivity index (χ3v) is 5.79. The molecule has 0 radical (unpaired) electrons. The van der Waals surface area contributed by atoms with E-state index < -0.39 is 0 Å². The summed E-state index contributed by atoms with van der Waals surface area (Å²) in [5, 5.41) is 3.68. The van der Waals surface area contributed by atoms with Crippen molar-refractivity contribution >= 4 is 0 Å². The molecule has 0 aromatic heterocycles. The zero-order valence-electron chi connectivity index (χ0n) is 15.4. The van der Waals surface area contributed by atoms with Crippen molar-refractivity contribution in [2.75, 3.05) is 32.7 Å². The Labute approximate surface area is 134 Å². The first-order valence-corrected chi connectivity index (χ1v) is 9.50. The molecule has 2 nitrogen and oxygen atoms in total. The van der Waals surface area contributed by atoms with Gasteiger partial charge in [0, 0.05) is 13.1 Å². The number of likely N-dealkylation sites (tertiary alicyclic amines) is 1. The molecule has 126 valence electrons. The lowest BCUT2D eigenvalue weighted by molar-refractivity contribution is 0.135. The molecule has 0 saturated carbocycles. The molecule has 1 unspecified atom stereocenters. The first kappa shape index (κ1) is 19.0. The van der Waals surface area contributed by atoms with Crippen LogP contribution in [0.3, 0.4) is 0 Å². The third-order valence-electron chi connectivity index (χ3n) is 5.79. The average molecular weight is 297 g/mol. The molecule has 0 spiro atoms. The zero-order valence-corrected chi connectivity index (χ0v) is 15.4. The highest BCUT2D eigenvalue weighted by molar-refractivity contribution is 4.84. The lowest BCUT2D eigenvalue weighted by atomic mass is 9.81. The van der Waals surface area contributed by atoms with Gasteiger partial charge in [0.25, 0.3) is 0 Å². The number of nitrogens with zero attached hydrogens (tertiary/aromatic N) is 1. The van der Waals surface area contributed by atoms with E-state index in [4.69, 9.17) is 0 Å². The minimum Gasteiger partial charge on any atom is -0.316 e. The molecule has 1 fully saturated rings. The van der Waals surface area contributed by atoms with Crippen molar-refractivity contribution in [2.45, 2.75) is 73.1 Å². The van der Waals surface area contributed by atoms with Crippen LogP contribution in [-0.2, 0) is 0 Å². The first-order chi connectivity index (χ1) is 10.1. The Morgan fingerprint density at radius 1 is 1.10 bits per heavy atom. The van der Waals surface area contributed by atoms with Gasteiger partial charge in [-0.25, -0.2) is 0 Å². The lowest BCUT2D eigenvalue weighted by Gasteiger charge is -2.37. The summed E-state index contributed by atoms with van der Waals surface area (Å²) in [5.74, 6) is 1.81. The number of nitrogens with one attached hydrogen (secondary N) is 1. The van der Waals surface area contributed by atoms with Crippen LogP contribution in [0.1, 0.15) is 73.1 Å². The largest absolute Gasteiger partial charge is 0.316 e. The maximum atomic E-state index is 3.68. The zero-order chi connectivity index (χ0) is 15.7. The van der Waals surface area contributed by atoms with E-state index in [0.717, 1.165) is 18.4 Å². The van der Waals surface area contributed by atoms with Gasteiger partial charge in [-0.2, -0.15) is 0 Å². The van der Waals surface area contributed by atoms with Gasteiger partial charge >= 0.3 is 0 Å². The predicted molar refractivity (Wildman–Crippen MR) is 94.8 cm³/mol. The first-order valence-electron chi connectivity index (χ1n) is 9.50. The van der Waals surface area contributed by atoms with E-state index in [1.807, 2.05) is 0 Å². The molecule has 0 aliphatic carbocycles. The van der Waals surface area contributed by atoms with Crippen LogP contribution in [0, 0.1) is 17.3 Å². The van der Waals surface area contributed by atoms with E-state index in [-0.39, 0.29) is 0 Å². The second-order valence-electron chi connectivity index (χ2n) is 7.60. The van der Waals surface area contributed by atoms with Gasteiger partial charge in [0.15, 0.2) is 0 Å². The summed E-state index contributed by atoms with van der Waals surface area (Å²) in [4.78, 5) is 2.77. The smallest absolute Gasteiger partial charge is 0.00499 e. The van der Waals surface area contributed by atoms with Crippen LogP contribution in [0.4, 0.5) is 0 Å². The van der Waals surface area contributed by atoms with Crippen LogP contribution in [0.5, 0.6) is 0 Å². The second-order valence-corrected chi connectivity index (χ2v) is 7.60. The van der Waals surface area contributed by atoms with Crippen molar-refractivity contribution in [2.24, 2.45) is 17.3 Å². The Morgan fingerprint density at radius 3 is 2.38 bits per heavy atom. The standard InChI is InChI=1S/C19H40N2/c1-6-12-20-15-19(7-2,8-3)16-21-13-9-10-18(11-14-21)17(4)5/h17-18,20H,6-16H2,1-5H3. The molecule has 1 rings (SSSR count). The van der Waals surface area contributed by atoms with Gasteiger partial charge in [-0.15, -0.1) is 0 Å². The van der Waals surface area contributed by atoms with Crippen LogP contribution in [0.15, 0.2) is 0 Å². The second kappa shape index (κ2) is 9.84. The summed E-state index contributed by atoms with van der Waals surface area (Å²) < 4.78 is 0. The summed E-state index contributed by atoms with van der Waals surface area (Å²) >= 11 is 0. The number of hydrogen-bond donors (Lipinski definition) is 1. The highest BCUT2D eigenvalue weighted by Gasteiger charge is 2.29. The molecule has 1 N–H and O–H groups in total. The summed E-state index contributed by atoms with van der Waals surface area (Å²) in [6, 6.07) is 0. The van der Waals surface area contributed by atoms with Gasteiger partial charge in [-0.05, 0) is 75.4 Å². The molecular formula is C19H40N2. The summed E-state index contributed by atoms with van der Waals surface area (Å²) in [6.45, 7) is 18.1. The highest BCUT2D eigenvalue weighted by atomic mass is 15.1. The quantitative estimate of drug-likeness (QED) is 0.628. The molecule has 1 aliphatic heterocycles. The Morgan fingerprint density at radius 2 is 1.81 bits per heavy atom. The maximum Gasteiger partial charge on any atom is 0.00499 e. The van der Waals surface area contributed by atoms with Gasteiger partial charge in [0.2, 0.25) is 0 Å². The van der Waals surface area contributed by atoms with E-state index >= 15 is 0 Å². The van der Waals surface area contributed by atoms with Crippen LogP contribution in [0.2, 0.25) is 0 Å². The van der Waals surface area contributed by atoms with Crippen molar-refractivity contribution in [1.29, 1.82) is 0 Å². The monoisotopic (exact) mass is 296 g/mol. The average Bonchev–Trinajstić information content (AvgIpc) is 2.72. The van der Waals surface area contributed by atoms with E-state index in [1.165, 1.54) is 64.7 Å². The van der Waals surface area contributed by atoms with Crippen molar-refractivity contribution in [3.8, 4) is 0 Å². The Kier molecular flexibility index (Phi) is 8.89. The van der Waals surface area contributed by atoms with Gasteiger partial charge in [0.05, 0.1) is 0 Å². The minimum atomic E-state index is 0.479. The fourth-order valence-corrected chi connectivity index (χ4v) is 3.79. The maximum absolute atomic E-state index is 3.68. The third kappa shape index (κ3) is 6.28. The molecule has 1 atom stereocenters. The van der Waals surface area contributed by atoms with Crippen molar-refractivity contribution in [3.63, 3.8) is 0 Å². The van der Waals surface area contributed by atoms with E-state index in [2.05, 4.69) is 44.8 Å². The van der Waals surface area contributed by atoms with E-state index in [9.17, 15) is 0 Å². The fourth-order valence-electron chi connectivity index (χ4n) is 3.79. The fraction of sp³-hybridized carbons (Fsp3) is 1.00. The predicted octanol–water partition coefficient (Wildman–Crippen LogP) is 4.55. The molecule has 0 bridgehead atoms. The van der Waals surface area contributed by atoms with Crippen LogP contribution in [-0.4, -0.2) is 37.6 Å². The van der Waals surface area contributed by atoms with Crippen molar-refractivity contribution in [1.82, 2.24) is 10.2 Å². The molecule has 1 heterocycles. The summed E-state index contributed by atoms with van der Waals surface area (Å²) in [5.41, 5.74) is 0.479. The molecule has 1 saturated heterocycles. The molecule has 0 aromatic rings. The molecule has 21 heavy (non-hydrogen) atoms. The topological polar surface area (TPSA) is 15.3 Å². The van der Waals surface area contributed by atoms with Crippen LogP contribution in [0.25, 0.3) is 0 Å². The Balaban J connectivity index is 2.53. The Hall–Kier alpha value is -0.0800. The molecular weight excluding hydrogens is 256 g/mol. The van der Waals surface area contributed by atoms with Crippen LogP contribution >= 0.6 is 0 Å². The van der Waals surface area contributed by atoms with Crippen molar-refractivity contribution in [3.05, 3.63) is 0 Å². The van der Waals surface area contributed by atoms with E-state index in [0.29, 0.717) is 5.41 Å². The molecule has 0 amide bonds. The Bertz CT molecular complexity index is 258. The molecule has 1 aliphatic rings. The van der Waals surface area contributed by atoms with E-state index in [1.54, 1.807) is 0 Å². The summed E-state index contributed by atoms with van der Waals surface area (Å²) in [6.07, 6.45) is 8.07. The SMILES string of the molecule is CCCNCC(CC)(CC)CN1CCCC(C(C)C)CC1. The molecule has 2 heteroatoms.